The summed E-state index contributed by atoms with van der Waals surface area (Å²) in [6.07, 6.45) is 7.47. The highest BCUT2D eigenvalue weighted by Crippen LogP contribution is 2.73. The lowest BCUT2D eigenvalue weighted by Gasteiger charge is -2.70. The van der Waals surface area contributed by atoms with E-state index < -0.39 is 23.7 Å². The SMILES string of the molecule is CC(C)(CCO)C(O)[C@@H]1CCC[C@]2(C)C1=CC[C@@H]1[C@@]3(C)C[C@@H](O)[C@H](O)[C@@](C)(CO)[C@@H]3CC[C@]12C. The molecule has 0 amide bonds. The fraction of sp³-hybridized carbons (Fsp3) is 0.931. The monoisotopic (exact) mass is 478 g/mol. The summed E-state index contributed by atoms with van der Waals surface area (Å²) in [5.74, 6) is 0.625. The molecule has 0 aromatic rings. The Morgan fingerprint density at radius 1 is 1.03 bits per heavy atom. The van der Waals surface area contributed by atoms with Crippen LogP contribution in [0.5, 0.6) is 0 Å². The first kappa shape index (κ1) is 26.6. The molecule has 5 heteroatoms. The molecule has 0 heterocycles. The van der Waals surface area contributed by atoms with Crippen molar-refractivity contribution in [2.45, 2.75) is 111 Å². The molecule has 0 bridgehead atoms. The lowest BCUT2D eigenvalue weighted by atomic mass is 9.35. The van der Waals surface area contributed by atoms with Crippen molar-refractivity contribution in [3.8, 4) is 0 Å². The third-order valence-electron chi connectivity index (χ3n) is 12.1. The van der Waals surface area contributed by atoms with Crippen molar-refractivity contribution >= 4 is 0 Å². The minimum Gasteiger partial charge on any atom is -0.396 e. The smallest absolute Gasteiger partial charge is 0.0877 e. The van der Waals surface area contributed by atoms with Crippen molar-refractivity contribution in [2.24, 2.45) is 44.8 Å². The molecule has 4 rings (SSSR count). The van der Waals surface area contributed by atoms with E-state index in [0.29, 0.717) is 18.8 Å². The van der Waals surface area contributed by atoms with E-state index in [4.69, 9.17) is 0 Å². The maximum Gasteiger partial charge on any atom is 0.0877 e. The summed E-state index contributed by atoms with van der Waals surface area (Å²) < 4.78 is 0. The molecule has 196 valence electrons. The number of hydrogen-bond donors (Lipinski definition) is 5. The highest BCUT2D eigenvalue weighted by molar-refractivity contribution is 5.32. The van der Waals surface area contributed by atoms with Crippen molar-refractivity contribution < 1.29 is 25.5 Å². The van der Waals surface area contributed by atoms with Gasteiger partial charge in [-0.15, -0.1) is 0 Å². The van der Waals surface area contributed by atoms with Gasteiger partial charge in [0.15, 0.2) is 0 Å². The van der Waals surface area contributed by atoms with E-state index >= 15 is 0 Å². The van der Waals surface area contributed by atoms with Crippen LogP contribution in [0.4, 0.5) is 0 Å². The highest BCUT2D eigenvalue weighted by atomic mass is 16.3. The van der Waals surface area contributed by atoms with E-state index in [9.17, 15) is 25.5 Å². The Morgan fingerprint density at radius 3 is 2.32 bits per heavy atom. The number of hydrogen-bond acceptors (Lipinski definition) is 5. The molecule has 0 aliphatic heterocycles. The first-order chi connectivity index (χ1) is 15.7. The molecule has 4 aliphatic carbocycles. The predicted octanol–water partition coefficient (Wildman–Crippen LogP) is 4.06. The van der Waals surface area contributed by atoms with Crippen molar-refractivity contribution in [3.05, 3.63) is 11.6 Å². The molecule has 0 saturated heterocycles. The highest BCUT2D eigenvalue weighted by Gasteiger charge is 2.68. The van der Waals surface area contributed by atoms with Crippen LogP contribution >= 0.6 is 0 Å². The standard InChI is InChI=1S/C29H50O5/c1-25(2,14-15-30)23(33)18-8-7-12-28(5)19(18)9-10-22-26(3)16-20(32)24(34)27(4,17-31)21(26)11-13-29(22,28)6/h9,18,20-24,30-34H,7-8,10-17H2,1-6H3/t18-,20-,21-,22-,23?,24+,26+,27+,28-,29-/m1/s1. The third kappa shape index (κ3) is 3.44. The van der Waals surface area contributed by atoms with Crippen LogP contribution < -0.4 is 0 Å². The van der Waals surface area contributed by atoms with Crippen LogP contribution in [-0.4, -0.2) is 57.1 Å². The summed E-state index contributed by atoms with van der Waals surface area (Å²) in [5.41, 5.74) is 0.208. The lowest BCUT2D eigenvalue weighted by molar-refractivity contribution is -0.241. The molecule has 0 aromatic carbocycles. The summed E-state index contributed by atoms with van der Waals surface area (Å²) in [6.45, 7) is 13.3. The summed E-state index contributed by atoms with van der Waals surface area (Å²) in [5, 5.41) is 53.3. The normalized spacial score (nSPS) is 50.0. The maximum atomic E-state index is 11.5. The number of aliphatic hydroxyl groups is 5. The first-order valence-electron chi connectivity index (χ1n) is 13.7. The van der Waals surface area contributed by atoms with Gasteiger partial charge in [-0.2, -0.15) is 0 Å². The lowest BCUT2D eigenvalue weighted by Crippen LogP contribution is -2.67. The summed E-state index contributed by atoms with van der Waals surface area (Å²) >= 11 is 0. The van der Waals surface area contributed by atoms with Gasteiger partial charge in [0.2, 0.25) is 0 Å². The molecule has 34 heavy (non-hydrogen) atoms. The Labute approximate surface area is 206 Å². The minimum absolute atomic E-state index is 0.0280. The van der Waals surface area contributed by atoms with E-state index in [1.54, 1.807) is 0 Å². The Kier molecular flexibility index (Phi) is 6.69. The molecule has 5 nitrogen and oxygen atoms in total. The zero-order valence-corrected chi connectivity index (χ0v) is 22.3. The van der Waals surface area contributed by atoms with Crippen molar-refractivity contribution in [2.75, 3.05) is 13.2 Å². The van der Waals surface area contributed by atoms with E-state index in [1.807, 2.05) is 6.92 Å². The van der Waals surface area contributed by atoms with Crippen molar-refractivity contribution in [1.29, 1.82) is 0 Å². The van der Waals surface area contributed by atoms with Crippen molar-refractivity contribution in [3.63, 3.8) is 0 Å². The number of aliphatic hydroxyl groups excluding tert-OH is 5. The Balaban J connectivity index is 1.76. The van der Waals surface area contributed by atoms with Gasteiger partial charge in [0.1, 0.15) is 0 Å². The second kappa shape index (κ2) is 8.55. The summed E-state index contributed by atoms with van der Waals surface area (Å²) in [4.78, 5) is 0. The van der Waals surface area contributed by atoms with E-state index in [0.717, 1.165) is 38.5 Å². The molecule has 5 N–H and O–H groups in total. The quantitative estimate of drug-likeness (QED) is 0.384. The minimum atomic E-state index is -0.895. The molecule has 3 saturated carbocycles. The van der Waals surface area contributed by atoms with Crippen LogP contribution in [0.25, 0.3) is 0 Å². The zero-order valence-electron chi connectivity index (χ0n) is 22.3. The predicted molar refractivity (Wildman–Crippen MR) is 134 cm³/mol. The van der Waals surface area contributed by atoms with Gasteiger partial charge in [0.05, 0.1) is 24.9 Å². The van der Waals surface area contributed by atoms with Gasteiger partial charge in [-0.1, -0.05) is 59.6 Å². The topological polar surface area (TPSA) is 101 Å². The molecule has 0 spiro atoms. The third-order valence-corrected chi connectivity index (χ3v) is 12.1. The Hall–Kier alpha value is -0.460. The first-order valence-corrected chi connectivity index (χ1v) is 13.7. The van der Waals surface area contributed by atoms with E-state index in [-0.39, 0.29) is 46.7 Å². The summed E-state index contributed by atoms with van der Waals surface area (Å²) in [6, 6.07) is 0. The molecule has 0 aromatic heterocycles. The second-order valence-corrected chi connectivity index (χ2v) is 14.1. The number of allylic oxidation sites excluding steroid dienone is 1. The number of fused-ring (bicyclic) bond motifs is 5. The van der Waals surface area contributed by atoms with Crippen LogP contribution in [0.15, 0.2) is 11.6 Å². The van der Waals surface area contributed by atoms with Crippen LogP contribution in [0.1, 0.15) is 92.9 Å². The van der Waals surface area contributed by atoms with Gasteiger partial charge >= 0.3 is 0 Å². The van der Waals surface area contributed by atoms with Crippen LogP contribution in [0.3, 0.4) is 0 Å². The Morgan fingerprint density at radius 2 is 1.71 bits per heavy atom. The molecule has 10 atom stereocenters. The van der Waals surface area contributed by atoms with Crippen LogP contribution in [0.2, 0.25) is 0 Å². The van der Waals surface area contributed by atoms with Gasteiger partial charge in [0.25, 0.3) is 0 Å². The average Bonchev–Trinajstić information content (AvgIpc) is 2.76. The van der Waals surface area contributed by atoms with Gasteiger partial charge in [0, 0.05) is 17.9 Å². The molecule has 1 unspecified atom stereocenters. The zero-order chi connectivity index (χ0) is 25.3. The molecule has 4 aliphatic rings. The van der Waals surface area contributed by atoms with Gasteiger partial charge in [-0.05, 0) is 78.4 Å². The van der Waals surface area contributed by atoms with Crippen molar-refractivity contribution in [1.82, 2.24) is 0 Å². The second-order valence-electron chi connectivity index (χ2n) is 14.1. The van der Waals surface area contributed by atoms with Gasteiger partial charge in [-0.25, -0.2) is 0 Å². The number of rotatable bonds is 5. The van der Waals surface area contributed by atoms with Gasteiger partial charge in [-0.3, -0.25) is 0 Å². The van der Waals surface area contributed by atoms with Crippen LogP contribution in [-0.2, 0) is 0 Å². The molecular weight excluding hydrogens is 428 g/mol. The molecular formula is C29H50O5. The fourth-order valence-electron chi connectivity index (χ4n) is 9.82. The average molecular weight is 479 g/mol. The molecule has 0 radical (unpaired) electrons. The maximum absolute atomic E-state index is 11.5. The fourth-order valence-corrected chi connectivity index (χ4v) is 9.82. The van der Waals surface area contributed by atoms with E-state index in [2.05, 4.69) is 40.7 Å². The Bertz CT molecular complexity index is 808. The largest absolute Gasteiger partial charge is 0.396 e. The summed E-state index contributed by atoms with van der Waals surface area (Å²) in [7, 11) is 0. The van der Waals surface area contributed by atoms with Gasteiger partial charge < -0.3 is 25.5 Å². The van der Waals surface area contributed by atoms with Crippen LogP contribution in [0, 0.1) is 44.8 Å². The van der Waals surface area contributed by atoms with E-state index in [1.165, 1.54) is 5.57 Å². The molecule has 3 fully saturated rings.